The van der Waals surface area contributed by atoms with Crippen LogP contribution in [-0.2, 0) is 14.3 Å². The minimum Gasteiger partial charge on any atom is -0.428 e. The lowest BCUT2D eigenvalue weighted by molar-refractivity contribution is -0.253. The molecule has 49 heavy (non-hydrogen) atoms. The SMILES string of the molecule is CCCCCCCCCCC(OC(=O)C=Cc1ccc(OC(=O)c2ccc(OC(F)(F)C(F)F)cc2)cc1)OC(=O)c1cc(N)cc(N)c1. The van der Waals surface area contributed by atoms with Crippen molar-refractivity contribution in [3.63, 3.8) is 0 Å². The second-order valence-corrected chi connectivity index (χ2v) is 11.2. The molecule has 0 saturated heterocycles. The number of nitrogen functional groups attached to an aromatic ring is 2. The summed E-state index contributed by atoms with van der Waals surface area (Å²) in [5.41, 5.74) is 12.8. The van der Waals surface area contributed by atoms with Gasteiger partial charge in [0, 0.05) is 23.9 Å². The molecule has 0 amide bonds. The molecule has 0 aromatic heterocycles. The lowest BCUT2D eigenvalue weighted by atomic mass is 10.1. The number of carbonyl (C=O) groups excluding carboxylic acids is 3. The van der Waals surface area contributed by atoms with E-state index in [1.54, 1.807) is 12.1 Å². The van der Waals surface area contributed by atoms with E-state index in [1.165, 1.54) is 55.7 Å². The molecule has 0 saturated carbocycles. The van der Waals surface area contributed by atoms with Crippen LogP contribution in [0.4, 0.5) is 28.9 Å². The number of unbranched alkanes of at least 4 members (excludes halogenated alkanes) is 7. The van der Waals surface area contributed by atoms with Gasteiger partial charge in [-0.3, -0.25) is 0 Å². The topological polar surface area (TPSA) is 140 Å². The maximum Gasteiger partial charge on any atom is 0.461 e. The summed E-state index contributed by atoms with van der Waals surface area (Å²) in [5.74, 6) is -2.74. The number of ether oxygens (including phenoxy) is 4. The van der Waals surface area contributed by atoms with Gasteiger partial charge in [0.2, 0.25) is 6.29 Å². The Labute approximate surface area is 282 Å². The minimum atomic E-state index is -4.68. The van der Waals surface area contributed by atoms with Gasteiger partial charge >= 0.3 is 30.4 Å². The van der Waals surface area contributed by atoms with E-state index in [2.05, 4.69) is 11.7 Å². The van der Waals surface area contributed by atoms with Crippen LogP contribution < -0.4 is 20.9 Å². The van der Waals surface area contributed by atoms with E-state index in [0.717, 1.165) is 56.0 Å². The normalized spacial score (nSPS) is 12.1. The van der Waals surface area contributed by atoms with Crippen molar-refractivity contribution in [1.82, 2.24) is 0 Å². The Kier molecular flexibility index (Phi) is 14.9. The van der Waals surface area contributed by atoms with Crippen molar-refractivity contribution in [2.45, 2.75) is 83.5 Å². The van der Waals surface area contributed by atoms with Crippen LogP contribution in [0.15, 0.2) is 72.8 Å². The van der Waals surface area contributed by atoms with Gasteiger partial charge in [-0.05, 0) is 72.7 Å². The van der Waals surface area contributed by atoms with Crippen LogP contribution in [0.3, 0.4) is 0 Å². The summed E-state index contributed by atoms with van der Waals surface area (Å²) < 4.78 is 71.0. The predicted molar refractivity (Wildman–Crippen MR) is 176 cm³/mol. The van der Waals surface area contributed by atoms with Gasteiger partial charge < -0.3 is 30.4 Å². The number of halogens is 4. The molecule has 1 unspecified atom stereocenters. The standard InChI is InChI=1S/C36H40F4N2O7/c1-2-3-4-5-6-7-8-9-10-32(48-34(45)26-21-27(41)23-28(42)22-26)47-31(43)20-13-24-11-16-29(17-12-24)46-33(44)25-14-18-30(19-15-25)49-36(39,40)35(37)38/h11-23,32,35H,2-10,41-42H2,1H3. The Balaban J connectivity index is 1.55. The highest BCUT2D eigenvalue weighted by atomic mass is 19.3. The van der Waals surface area contributed by atoms with Crippen molar-refractivity contribution >= 4 is 35.4 Å². The van der Waals surface area contributed by atoms with E-state index in [4.69, 9.17) is 25.7 Å². The Morgan fingerprint density at radius 3 is 1.90 bits per heavy atom. The highest BCUT2D eigenvalue weighted by Gasteiger charge is 2.44. The Morgan fingerprint density at radius 2 is 1.31 bits per heavy atom. The summed E-state index contributed by atoms with van der Waals surface area (Å²) in [4.78, 5) is 37.9. The van der Waals surface area contributed by atoms with Crippen LogP contribution in [0.5, 0.6) is 11.5 Å². The number of nitrogens with two attached hydrogens (primary N) is 2. The molecule has 4 N–H and O–H groups in total. The highest BCUT2D eigenvalue weighted by Crippen LogP contribution is 2.28. The third-order valence-corrected chi connectivity index (χ3v) is 7.09. The fourth-order valence-electron chi connectivity index (χ4n) is 4.58. The fourth-order valence-corrected chi connectivity index (χ4v) is 4.58. The number of esters is 3. The van der Waals surface area contributed by atoms with Gasteiger partial charge in [-0.15, -0.1) is 0 Å². The van der Waals surface area contributed by atoms with Crippen molar-refractivity contribution < 1.29 is 50.9 Å². The zero-order chi connectivity index (χ0) is 35.8. The smallest absolute Gasteiger partial charge is 0.428 e. The quantitative estimate of drug-likeness (QED) is 0.0241. The lowest BCUT2D eigenvalue weighted by Crippen LogP contribution is -2.33. The van der Waals surface area contributed by atoms with Gasteiger partial charge in [0.25, 0.3) is 0 Å². The van der Waals surface area contributed by atoms with Crippen LogP contribution in [0, 0.1) is 0 Å². The summed E-state index contributed by atoms with van der Waals surface area (Å²) in [6.07, 6.45) is 1.50. The Morgan fingerprint density at radius 1 is 0.735 bits per heavy atom. The second-order valence-electron chi connectivity index (χ2n) is 11.2. The molecular formula is C36H40F4N2O7. The number of anilines is 2. The first-order valence-electron chi connectivity index (χ1n) is 15.9. The van der Waals surface area contributed by atoms with Crippen LogP contribution in [0.25, 0.3) is 6.08 Å². The Bertz CT molecular complexity index is 1530. The predicted octanol–water partition coefficient (Wildman–Crippen LogP) is 8.58. The van der Waals surface area contributed by atoms with Crippen LogP contribution >= 0.6 is 0 Å². The molecule has 0 aliphatic rings. The first kappa shape index (κ1) is 38.4. The molecule has 0 radical (unpaired) electrons. The molecule has 0 bridgehead atoms. The largest absolute Gasteiger partial charge is 0.461 e. The third kappa shape index (κ3) is 13.5. The Hall–Kier alpha value is -5.07. The first-order chi connectivity index (χ1) is 23.4. The number of rotatable bonds is 19. The van der Waals surface area contributed by atoms with Gasteiger partial charge in [0.05, 0.1) is 11.1 Å². The maximum absolute atomic E-state index is 13.1. The summed E-state index contributed by atoms with van der Waals surface area (Å²) in [6, 6.07) is 14.4. The van der Waals surface area contributed by atoms with Gasteiger partial charge in [-0.2, -0.15) is 17.6 Å². The molecule has 1 atom stereocenters. The molecule has 13 heteroatoms. The number of hydrogen-bond acceptors (Lipinski definition) is 9. The van der Waals surface area contributed by atoms with Crippen molar-refractivity contribution in [2.24, 2.45) is 0 Å². The average molecular weight is 689 g/mol. The summed E-state index contributed by atoms with van der Waals surface area (Å²) in [7, 11) is 0. The zero-order valence-corrected chi connectivity index (χ0v) is 27.0. The first-order valence-corrected chi connectivity index (χ1v) is 15.9. The zero-order valence-electron chi connectivity index (χ0n) is 27.0. The molecule has 264 valence electrons. The monoisotopic (exact) mass is 688 g/mol. The van der Waals surface area contributed by atoms with Crippen molar-refractivity contribution in [3.8, 4) is 11.5 Å². The number of benzene rings is 3. The van der Waals surface area contributed by atoms with E-state index < -0.39 is 42.5 Å². The van der Waals surface area contributed by atoms with E-state index in [-0.39, 0.29) is 28.3 Å². The third-order valence-electron chi connectivity index (χ3n) is 7.09. The molecular weight excluding hydrogens is 648 g/mol. The van der Waals surface area contributed by atoms with E-state index >= 15 is 0 Å². The molecule has 3 aromatic rings. The second kappa shape index (κ2) is 19.1. The number of alkyl halides is 4. The minimum absolute atomic E-state index is 0.0409. The summed E-state index contributed by atoms with van der Waals surface area (Å²) in [6.45, 7) is 2.16. The summed E-state index contributed by atoms with van der Waals surface area (Å²) in [5, 5.41) is 0. The molecule has 3 aromatic carbocycles. The summed E-state index contributed by atoms with van der Waals surface area (Å²) >= 11 is 0. The maximum atomic E-state index is 13.1. The van der Waals surface area contributed by atoms with Crippen molar-refractivity contribution in [1.29, 1.82) is 0 Å². The van der Waals surface area contributed by atoms with Gasteiger partial charge in [0.15, 0.2) is 0 Å². The van der Waals surface area contributed by atoms with Crippen LogP contribution in [0.2, 0.25) is 0 Å². The van der Waals surface area contributed by atoms with Gasteiger partial charge in [0.1, 0.15) is 11.5 Å². The van der Waals surface area contributed by atoms with Crippen LogP contribution in [0.1, 0.15) is 91.0 Å². The van der Waals surface area contributed by atoms with Crippen LogP contribution in [-0.4, -0.2) is 36.7 Å². The van der Waals surface area contributed by atoms with E-state index in [9.17, 15) is 31.9 Å². The van der Waals surface area contributed by atoms with E-state index in [0.29, 0.717) is 18.4 Å². The molecule has 3 rings (SSSR count). The molecule has 0 aliphatic carbocycles. The molecule has 0 heterocycles. The van der Waals surface area contributed by atoms with Gasteiger partial charge in [-0.25, -0.2) is 14.4 Å². The van der Waals surface area contributed by atoms with Gasteiger partial charge in [-0.1, -0.05) is 64.0 Å². The van der Waals surface area contributed by atoms with E-state index in [1.807, 2.05) is 0 Å². The lowest BCUT2D eigenvalue weighted by Gasteiger charge is -2.18. The molecule has 0 aliphatic heterocycles. The fraction of sp³-hybridized carbons (Fsp3) is 0.361. The highest BCUT2D eigenvalue weighted by molar-refractivity contribution is 5.92. The average Bonchev–Trinajstić information content (AvgIpc) is 3.05. The number of hydrogen-bond donors (Lipinski definition) is 2. The number of carbonyl (C=O) groups is 3. The van der Waals surface area contributed by atoms with Crippen molar-refractivity contribution in [3.05, 3.63) is 89.5 Å². The molecule has 0 fully saturated rings. The van der Waals surface area contributed by atoms with Crippen molar-refractivity contribution in [2.75, 3.05) is 11.5 Å². The molecule has 0 spiro atoms. The molecule has 9 nitrogen and oxygen atoms in total.